The van der Waals surface area contributed by atoms with Gasteiger partial charge in [-0.3, -0.25) is 9.69 Å². The van der Waals surface area contributed by atoms with E-state index in [-0.39, 0.29) is 29.2 Å². The zero-order valence-electron chi connectivity index (χ0n) is 13.0. The predicted octanol–water partition coefficient (Wildman–Crippen LogP) is 2.79. The smallest absolute Gasteiger partial charge is 0.378 e. The van der Waals surface area contributed by atoms with Crippen LogP contribution in [0.1, 0.15) is 12.0 Å². The monoisotopic (exact) mass is 385 g/mol. The van der Waals surface area contributed by atoms with Gasteiger partial charge in [-0.15, -0.1) is 0 Å². The van der Waals surface area contributed by atoms with Crippen LogP contribution in [0, 0.1) is 0 Å². The van der Waals surface area contributed by atoms with Crippen molar-refractivity contribution >= 4 is 34.8 Å². The molecule has 1 fully saturated rings. The summed E-state index contributed by atoms with van der Waals surface area (Å²) in [4.78, 5) is 26.1. The Bertz CT molecular complexity index is 869. The number of nitrogens with one attached hydrogen (secondary N) is 1. The molecule has 7 nitrogen and oxygen atoms in total. The fourth-order valence-electron chi connectivity index (χ4n) is 2.96. The first-order chi connectivity index (χ1) is 12.3. The lowest BCUT2D eigenvalue weighted by Crippen LogP contribution is -2.57. The molecule has 26 heavy (non-hydrogen) atoms. The topological polar surface area (TPSA) is 80.2 Å². The van der Waals surface area contributed by atoms with Crippen molar-refractivity contribution in [3.63, 3.8) is 0 Å². The van der Waals surface area contributed by atoms with E-state index < -0.39 is 23.2 Å². The van der Waals surface area contributed by atoms with Crippen LogP contribution in [-0.4, -0.2) is 39.6 Å². The van der Waals surface area contributed by atoms with Crippen LogP contribution in [0.3, 0.4) is 0 Å². The van der Waals surface area contributed by atoms with E-state index in [1.807, 2.05) is 0 Å². The van der Waals surface area contributed by atoms with Crippen molar-refractivity contribution in [1.82, 2.24) is 15.0 Å². The normalized spacial score (nSPS) is 22.5. The molecule has 4 heterocycles. The highest BCUT2D eigenvalue weighted by Gasteiger charge is 2.50. The first-order valence-corrected chi connectivity index (χ1v) is 7.94. The lowest BCUT2D eigenvalue weighted by Gasteiger charge is -2.39. The molecule has 0 bridgehead atoms. The van der Waals surface area contributed by atoms with Crippen LogP contribution in [0.15, 0.2) is 24.5 Å². The Labute approximate surface area is 150 Å². The van der Waals surface area contributed by atoms with Crippen LogP contribution in [0.25, 0.3) is 0 Å². The van der Waals surface area contributed by atoms with E-state index in [4.69, 9.17) is 16.3 Å². The lowest BCUT2D eigenvalue weighted by molar-refractivity contribution is -0.137. The largest absolute Gasteiger partial charge is 0.417 e. The minimum Gasteiger partial charge on any atom is -0.378 e. The Kier molecular flexibility index (Phi) is 3.77. The molecule has 1 saturated heterocycles. The van der Waals surface area contributed by atoms with Gasteiger partial charge in [-0.1, -0.05) is 0 Å². The second-order valence-electron chi connectivity index (χ2n) is 5.93. The molecule has 1 atom stereocenters. The molecule has 0 saturated carbocycles. The van der Waals surface area contributed by atoms with Gasteiger partial charge >= 0.3 is 6.18 Å². The average Bonchev–Trinajstić information content (AvgIpc) is 3.05. The molecule has 11 heteroatoms. The molecule has 1 amide bonds. The summed E-state index contributed by atoms with van der Waals surface area (Å²) in [6.07, 6.45) is -2.14. The van der Waals surface area contributed by atoms with Crippen LogP contribution in [0.4, 0.5) is 30.5 Å². The summed E-state index contributed by atoms with van der Waals surface area (Å²) >= 11 is 5.84. The van der Waals surface area contributed by atoms with Crippen LogP contribution in [0.2, 0.25) is 5.28 Å². The average molecular weight is 386 g/mol. The number of aromatic nitrogens is 3. The molecule has 1 unspecified atom stereocenters. The number of fused-ring (bicyclic) bond motifs is 1. The number of carbonyl (C=O) groups excluding carboxylic acids is 1. The number of ether oxygens (including phenoxy) is 1. The SMILES string of the molecule is O=C1N(c2ccc(C(F)(F)F)cn2)c2cnc(Cl)nc2NC12CCOC2. The van der Waals surface area contributed by atoms with Crippen molar-refractivity contribution in [2.45, 2.75) is 18.1 Å². The highest BCUT2D eigenvalue weighted by Crippen LogP contribution is 2.41. The Morgan fingerprint density at radius 1 is 1.27 bits per heavy atom. The van der Waals surface area contributed by atoms with Gasteiger partial charge in [0.15, 0.2) is 5.82 Å². The Balaban J connectivity index is 1.82. The second-order valence-corrected chi connectivity index (χ2v) is 6.26. The first-order valence-electron chi connectivity index (χ1n) is 7.56. The van der Waals surface area contributed by atoms with Crippen molar-refractivity contribution < 1.29 is 22.7 Å². The number of halogens is 4. The Morgan fingerprint density at radius 2 is 2.08 bits per heavy atom. The minimum atomic E-state index is -4.52. The predicted molar refractivity (Wildman–Crippen MR) is 85.2 cm³/mol. The highest BCUT2D eigenvalue weighted by atomic mass is 35.5. The number of alkyl halides is 3. The molecule has 0 radical (unpaired) electrons. The number of hydrogen-bond donors (Lipinski definition) is 1. The van der Waals surface area contributed by atoms with E-state index >= 15 is 0 Å². The molecule has 1 spiro atoms. The van der Waals surface area contributed by atoms with Crippen LogP contribution in [-0.2, 0) is 15.7 Å². The maximum absolute atomic E-state index is 13.1. The maximum Gasteiger partial charge on any atom is 0.417 e. The summed E-state index contributed by atoms with van der Waals surface area (Å²) in [7, 11) is 0. The van der Waals surface area contributed by atoms with Crippen LogP contribution < -0.4 is 10.2 Å². The molecule has 2 aromatic rings. The number of rotatable bonds is 1. The van der Waals surface area contributed by atoms with Crippen LogP contribution in [0.5, 0.6) is 0 Å². The quantitative estimate of drug-likeness (QED) is 0.760. The van der Waals surface area contributed by atoms with Crippen molar-refractivity contribution in [2.24, 2.45) is 0 Å². The van der Waals surface area contributed by atoms with Crippen molar-refractivity contribution in [2.75, 3.05) is 23.4 Å². The molecule has 0 aromatic carbocycles. The molecule has 1 N–H and O–H groups in total. The van der Waals surface area contributed by atoms with E-state index in [9.17, 15) is 18.0 Å². The lowest BCUT2D eigenvalue weighted by atomic mass is 9.94. The zero-order valence-corrected chi connectivity index (χ0v) is 13.8. The van der Waals surface area contributed by atoms with Crippen molar-refractivity contribution in [3.05, 3.63) is 35.4 Å². The fraction of sp³-hybridized carbons (Fsp3) is 0.333. The van der Waals surface area contributed by atoms with E-state index in [1.165, 1.54) is 11.1 Å². The van der Waals surface area contributed by atoms with Gasteiger partial charge in [0.05, 0.1) is 18.4 Å². The van der Waals surface area contributed by atoms with Crippen LogP contribution >= 0.6 is 11.6 Å². The van der Waals surface area contributed by atoms with Gasteiger partial charge in [0, 0.05) is 19.2 Å². The number of amides is 1. The molecular weight excluding hydrogens is 375 g/mol. The molecule has 2 aliphatic heterocycles. The van der Waals surface area contributed by atoms with Gasteiger partial charge in [-0.05, 0) is 23.7 Å². The number of carbonyl (C=O) groups is 1. The minimum absolute atomic E-state index is 0.0278. The summed E-state index contributed by atoms with van der Waals surface area (Å²) in [5.74, 6) is -0.0829. The van der Waals surface area contributed by atoms with Gasteiger partial charge in [-0.25, -0.2) is 9.97 Å². The summed E-state index contributed by atoms with van der Waals surface area (Å²) in [6, 6.07) is 2.00. The Morgan fingerprint density at radius 3 is 2.69 bits per heavy atom. The van der Waals surface area contributed by atoms with Crippen molar-refractivity contribution in [3.8, 4) is 0 Å². The van der Waals surface area contributed by atoms with Gasteiger partial charge in [-0.2, -0.15) is 18.2 Å². The third kappa shape index (κ3) is 2.65. The molecular formula is C15H11ClF3N5O2. The molecule has 2 aromatic heterocycles. The standard InChI is InChI=1S/C15H11ClF3N5O2/c16-13-21-6-9-11(22-13)23-14(3-4-26-7-14)12(25)24(9)10-2-1-8(5-20-10)15(17,18)19/h1-2,5-6H,3-4,7H2,(H,21,22,23). The molecule has 0 aliphatic carbocycles. The van der Waals surface area contributed by atoms with E-state index in [0.29, 0.717) is 19.2 Å². The highest BCUT2D eigenvalue weighted by molar-refractivity contribution is 6.28. The van der Waals surface area contributed by atoms with E-state index in [0.717, 1.165) is 12.1 Å². The molecule has 4 rings (SSSR count). The van der Waals surface area contributed by atoms with E-state index in [1.54, 1.807) is 0 Å². The Hall–Kier alpha value is -2.46. The second kappa shape index (κ2) is 5.78. The number of anilines is 3. The zero-order chi connectivity index (χ0) is 18.5. The number of pyridine rings is 1. The van der Waals surface area contributed by atoms with Gasteiger partial charge < -0.3 is 10.1 Å². The van der Waals surface area contributed by atoms with Crippen molar-refractivity contribution in [1.29, 1.82) is 0 Å². The third-order valence-corrected chi connectivity index (χ3v) is 4.46. The third-order valence-electron chi connectivity index (χ3n) is 4.28. The summed E-state index contributed by atoms with van der Waals surface area (Å²) in [5.41, 5.74) is -1.73. The fourth-order valence-corrected chi connectivity index (χ4v) is 3.09. The van der Waals surface area contributed by atoms with E-state index in [2.05, 4.69) is 20.3 Å². The molecule has 136 valence electrons. The summed E-state index contributed by atoms with van der Waals surface area (Å²) in [6.45, 7) is 0.463. The van der Waals surface area contributed by atoms with Gasteiger partial charge in [0.25, 0.3) is 5.91 Å². The summed E-state index contributed by atoms with van der Waals surface area (Å²) < 4.78 is 43.7. The summed E-state index contributed by atoms with van der Waals surface area (Å²) in [5, 5.41) is 3.01. The number of nitrogens with zero attached hydrogens (tertiary/aromatic N) is 4. The first kappa shape index (κ1) is 17.0. The maximum atomic E-state index is 13.1. The number of hydrogen-bond acceptors (Lipinski definition) is 6. The van der Waals surface area contributed by atoms with Gasteiger partial charge in [0.1, 0.15) is 17.0 Å². The molecule has 2 aliphatic rings. The van der Waals surface area contributed by atoms with Gasteiger partial charge in [0.2, 0.25) is 5.28 Å².